The zero-order valence-corrected chi connectivity index (χ0v) is 23.5. The van der Waals surface area contributed by atoms with Crippen LogP contribution in [0.3, 0.4) is 0 Å². The molecule has 0 saturated heterocycles. The summed E-state index contributed by atoms with van der Waals surface area (Å²) in [5.41, 5.74) is 0.282. The fourth-order valence-electron chi connectivity index (χ4n) is 3.96. The first-order valence-electron chi connectivity index (χ1n) is 12.6. The van der Waals surface area contributed by atoms with Crippen molar-refractivity contribution in [3.63, 3.8) is 0 Å². The highest BCUT2D eigenvalue weighted by Gasteiger charge is 2.35. The predicted molar refractivity (Wildman–Crippen MR) is 147 cm³/mol. The maximum atomic E-state index is 13.8. The minimum absolute atomic E-state index is 0.0202. The van der Waals surface area contributed by atoms with Crippen molar-refractivity contribution in [3.05, 3.63) is 95.6 Å². The number of amides is 2. The molecule has 0 unspecified atom stereocenters. The number of benzene rings is 3. The molecule has 0 aliphatic carbocycles. The fourth-order valence-corrected chi connectivity index (χ4v) is 5.39. The normalized spacial score (nSPS) is 12.6. The fraction of sp³-hybridized carbons (Fsp3) is 0.310. The average molecular weight is 576 g/mol. The van der Waals surface area contributed by atoms with Gasteiger partial charge in [0.25, 0.3) is 10.0 Å². The Balaban J connectivity index is 2.07. The lowest BCUT2D eigenvalue weighted by atomic mass is 10.1. The average Bonchev–Trinajstić information content (AvgIpc) is 2.90. The maximum absolute atomic E-state index is 13.8. The number of alkyl halides is 3. The summed E-state index contributed by atoms with van der Waals surface area (Å²) < 4.78 is 68.6. The molecule has 0 fully saturated rings. The van der Waals surface area contributed by atoms with Gasteiger partial charge in [0, 0.05) is 12.6 Å². The highest BCUT2D eigenvalue weighted by molar-refractivity contribution is 7.92. The number of sulfonamides is 1. The Morgan fingerprint density at radius 3 is 2.10 bits per heavy atom. The summed E-state index contributed by atoms with van der Waals surface area (Å²) in [5.74, 6) is -1.21. The molecule has 0 aromatic heterocycles. The largest absolute Gasteiger partial charge is 0.416 e. The molecule has 0 bridgehead atoms. The van der Waals surface area contributed by atoms with Gasteiger partial charge in [-0.2, -0.15) is 13.2 Å². The standard InChI is InChI=1S/C29H32F3N3O4S/c1-20(2)33-28(37)22(4)34(18-23-15-13-21(3)14-16-23)27(36)19-35(40(38,39)26-11-6-5-7-12-26)25-10-8-9-24(17-25)29(30,31)32/h5-17,20,22H,18-19H2,1-4H3,(H,33,37)/t22-/m1/s1. The lowest BCUT2D eigenvalue weighted by Crippen LogP contribution is -2.52. The molecular formula is C29H32F3N3O4S. The van der Waals surface area contributed by atoms with Crippen LogP contribution in [0.25, 0.3) is 0 Å². The van der Waals surface area contributed by atoms with Crippen molar-refractivity contribution in [2.24, 2.45) is 0 Å². The molecule has 7 nitrogen and oxygen atoms in total. The quantitative estimate of drug-likeness (QED) is 0.362. The van der Waals surface area contributed by atoms with Crippen LogP contribution in [0, 0.1) is 6.92 Å². The van der Waals surface area contributed by atoms with Crippen molar-refractivity contribution in [1.29, 1.82) is 0 Å². The van der Waals surface area contributed by atoms with Crippen molar-refractivity contribution in [1.82, 2.24) is 10.2 Å². The van der Waals surface area contributed by atoms with E-state index in [2.05, 4.69) is 5.32 Å². The summed E-state index contributed by atoms with van der Waals surface area (Å²) in [7, 11) is -4.47. The number of hydrogen-bond donors (Lipinski definition) is 1. The summed E-state index contributed by atoms with van der Waals surface area (Å²) in [6.45, 7) is 6.09. The third kappa shape index (κ3) is 7.62. The number of carbonyl (C=O) groups excluding carboxylic acids is 2. The second kappa shape index (κ2) is 12.5. The maximum Gasteiger partial charge on any atom is 0.416 e. The first-order chi connectivity index (χ1) is 18.7. The summed E-state index contributed by atoms with van der Waals surface area (Å²) in [6.07, 6.45) is -4.73. The van der Waals surface area contributed by atoms with Crippen LogP contribution in [0.1, 0.15) is 37.5 Å². The Kier molecular flexibility index (Phi) is 9.62. The lowest BCUT2D eigenvalue weighted by molar-refractivity contribution is -0.139. The second-order valence-corrected chi connectivity index (χ2v) is 11.6. The van der Waals surface area contributed by atoms with Gasteiger partial charge in [0.1, 0.15) is 12.6 Å². The van der Waals surface area contributed by atoms with Crippen LogP contribution in [0.5, 0.6) is 0 Å². The van der Waals surface area contributed by atoms with Gasteiger partial charge in [-0.05, 0) is 63.6 Å². The van der Waals surface area contributed by atoms with Crippen molar-refractivity contribution in [2.45, 2.75) is 57.4 Å². The van der Waals surface area contributed by atoms with Gasteiger partial charge >= 0.3 is 6.18 Å². The monoisotopic (exact) mass is 575 g/mol. The Morgan fingerprint density at radius 1 is 0.900 bits per heavy atom. The molecule has 1 N–H and O–H groups in total. The summed E-state index contributed by atoms with van der Waals surface area (Å²) in [6, 6.07) is 16.9. The molecule has 0 spiro atoms. The first-order valence-corrected chi connectivity index (χ1v) is 14.0. The van der Waals surface area contributed by atoms with Crippen LogP contribution in [0.15, 0.2) is 83.8 Å². The number of carbonyl (C=O) groups is 2. The third-order valence-electron chi connectivity index (χ3n) is 6.14. The van der Waals surface area contributed by atoms with Crippen LogP contribution in [0.2, 0.25) is 0 Å². The Hall–Kier alpha value is -3.86. The number of halogens is 3. The number of nitrogens with one attached hydrogen (secondary N) is 1. The molecule has 0 aliphatic rings. The van der Waals surface area contributed by atoms with Crippen LogP contribution < -0.4 is 9.62 Å². The van der Waals surface area contributed by atoms with Crippen LogP contribution in [0.4, 0.5) is 18.9 Å². The second-order valence-electron chi connectivity index (χ2n) is 9.72. The van der Waals surface area contributed by atoms with E-state index in [1.54, 1.807) is 32.0 Å². The van der Waals surface area contributed by atoms with E-state index in [0.717, 1.165) is 17.7 Å². The number of anilines is 1. The zero-order valence-electron chi connectivity index (χ0n) is 22.6. The minimum atomic E-state index is -4.73. The molecular weight excluding hydrogens is 543 g/mol. The molecule has 214 valence electrons. The molecule has 0 radical (unpaired) electrons. The van der Waals surface area contributed by atoms with E-state index in [1.165, 1.54) is 42.2 Å². The van der Waals surface area contributed by atoms with E-state index in [1.807, 2.05) is 19.1 Å². The summed E-state index contributed by atoms with van der Waals surface area (Å²) >= 11 is 0. The van der Waals surface area contributed by atoms with Crippen molar-refractivity contribution < 1.29 is 31.2 Å². The Morgan fingerprint density at radius 2 is 1.52 bits per heavy atom. The molecule has 3 rings (SSSR count). The number of aryl methyl sites for hydroxylation is 1. The van der Waals surface area contributed by atoms with Crippen LogP contribution in [-0.4, -0.2) is 43.8 Å². The van der Waals surface area contributed by atoms with Crippen molar-refractivity contribution in [2.75, 3.05) is 10.8 Å². The van der Waals surface area contributed by atoms with E-state index >= 15 is 0 Å². The van der Waals surface area contributed by atoms with E-state index < -0.39 is 46.2 Å². The van der Waals surface area contributed by atoms with Crippen molar-refractivity contribution in [3.8, 4) is 0 Å². The zero-order chi connectivity index (χ0) is 29.7. The number of hydrogen-bond acceptors (Lipinski definition) is 4. The molecule has 11 heteroatoms. The van der Waals surface area contributed by atoms with Gasteiger partial charge in [-0.3, -0.25) is 13.9 Å². The lowest BCUT2D eigenvalue weighted by Gasteiger charge is -2.32. The number of rotatable bonds is 10. The number of nitrogens with zero attached hydrogens (tertiary/aromatic N) is 2. The van der Waals surface area contributed by atoms with Gasteiger partial charge in [-0.1, -0.05) is 54.1 Å². The van der Waals surface area contributed by atoms with E-state index in [-0.39, 0.29) is 23.2 Å². The van der Waals surface area contributed by atoms with E-state index in [4.69, 9.17) is 0 Å². The van der Waals surface area contributed by atoms with E-state index in [9.17, 15) is 31.2 Å². The molecule has 3 aromatic carbocycles. The minimum Gasteiger partial charge on any atom is -0.352 e. The molecule has 2 amide bonds. The molecule has 1 atom stereocenters. The molecule has 3 aromatic rings. The van der Waals surface area contributed by atoms with Crippen LogP contribution >= 0.6 is 0 Å². The SMILES string of the molecule is Cc1ccc(CN(C(=O)CN(c2cccc(C(F)(F)F)c2)S(=O)(=O)c2ccccc2)[C@H](C)C(=O)NC(C)C)cc1. The first kappa shape index (κ1) is 30.7. The van der Waals surface area contributed by atoms with Gasteiger partial charge in [0.05, 0.1) is 16.1 Å². The topological polar surface area (TPSA) is 86.8 Å². The summed E-state index contributed by atoms with van der Waals surface area (Å²) in [5, 5.41) is 2.75. The predicted octanol–water partition coefficient (Wildman–Crippen LogP) is 5.15. The molecule has 0 saturated carbocycles. The van der Waals surface area contributed by atoms with Crippen molar-refractivity contribution >= 4 is 27.5 Å². The smallest absolute Gasteiger partial charge is 0.352 e. The van der Waals surface area contributed by atoms with Gasteiger partial charge < -0.3 is 10.2 Å². The van der Waals surface area contributed by atoms with E-state index in [0.29, 0.717) is 15.9 Å². The molecule has 40 heavy (non-hydrogen) atoms. The highest BCUT2D eigenvalue weighted by atomic mass is 32.2. The van der Waals surface area contributed by atoms with Gasteiger partial charge in [-0.25, -0.2) is 8.42 Å². The Labute approximate surface area is 232 Å². The van der Waals surface area contributed by atoms with Crippen LogP contribution in [-0.2, 0) is 32.3 Å². The van der Waals surface area contributed by atoms with Gasteiger partial charge in [-0.15, -0.1) is 0 Å². The third-order valence-corrected chi connectivity index (χ3v) is 7.93. The summed E-state index contributed by atoms with van der Waals surface area (Å²) in [4.78, 5) is 27.7. The molecule has 0 heterocycles. The highest BCUT2D eigenvalue weighted by Crippen LogP contribution is 2.33. The Bertz CT molecular complexity index is 1430. The molecule has 0 aliphatic heterocycles. The van der Waals surface area contributed by atoms with Gasteiger partial charge in [0.15, 0.2) is 0 Å². The van der Waals surface area contributed by atoms with Gasteiger partial charge in [0.2, 0.25) is 11.8 Å².